The van der Waals surface area contributed by atoms with E-state index in [0.717, 1.165) is 18.2 Å². The fraction of sp³-hybridized carbons (Fsp3) is 0.692. The topological polar surface area (TPSA) is 49.8 Å². The molecule has 4 heteroatoms. The molecule has 4 nitrogen and oxygen atoms in total. The predicted octanol–water partition coefficient (Wildman–Crippen LogP) is 3.24. The standard InChI is InChI=1S/C13H24N4/c1-5-6-7-8-15-13-11(10(2)3)12(14-4)16-9-17-13/h9-10H,5-8H2,1-4H3,(H2,14,15,16,17). The molecule has 0 unspecified atom stereocenters. The lowest BCUT2D eigenvalue weighted by atomic mass is 10.0. The molecule has 96 valence electrons. The molecule has 0 radical (unpaired) electrons. The molecule has 0 amide bonds. The Labute approximate surface area is 104 Å². The van der Waals surface area contributed by atoms with Crippen LogP contribution in [0.15, 0.2) is 6.33 Å². The van der Waals surface area contributed by atoms with Crippen molar-refractivity contribution in [2.75, 3.05) is 24.2 Å². The fourth-order valence-electron chi connectivity index (χ4n) is 1.86. The Morgan fingerprint density at radius 2 is 1.88 bits per heavy atom. The quantitative estimate of drug-likeness (QED) is 0.714. The van der Waals surface area contributed by atoms with E-state index in [9.17, 15) is 0 Å². The lowest BCUT2D eigenvalue weighted by Crippen LogP contribution is -2.10. The van der Waals surface area contributed by atoms with E-state index in [0.29, 0.717) is 5.92 Å². The number of nitrogens with one attached hydrogen (secondary N) is 2. The van der Waals surface area contributed by atoms with Gasteiger partial charge in [0.15, 0.2) is 0 Å². The predicted molar refractivity (Wildman–Crippen MR) is 73.7 cm³/mol. The summed E-state index contributed by atoms with van der Waals surface area (Å²) < 4.78 is 0. The van der Waals surface area contributed by atoms with Crippen molar-refractivity contribution in [2.45, 2.75) is 46.0 Å². The summed E-state index contributed by atoms with van der Waals surface area (Å²) in [7, 11) is 1.90. The van der Waals surface area contributed by atoms with E-state index in [1.807, 2.05) is 7.05 Å². The minimum absolute atomic E-state index is 0.410. The molecule has 0 aliphatic carbocycles. The Hall–Kier alpha value is -1.32. The Balaban J connectivity index is 2.76. The smallest absolute Gasteiger partial charge is 0.134 e. The summed E-state index contributed by atoms with van der Waals surface area (Å²) in [6.07, 6.45) is 5.30. The summed E-state index contributed by atoms with van der Waals surface area (Å²) in [5, 5.41) is 6.54. The van der Waals surface area contributed by atoms with Gasteiger partial charge in [0, 0.05) is 19.2 Å². The van der Waals surface area contributed by atoms with Crippen molar-refractivity contribution >= 4 is 11.6 Å². The third-order valence-corrected chi connectivity index (χ3v) is 2.77. The lowest BCUT2D eigenvalue weighted by molar-refractivity contribution is 0.739. The number of aromatic nitrogens is 2. The fourth-order valence-corrected chi connectivity index (χ4v) is 1.86. The molecule has 0 bridgehead atoms. The highest BCUT2D eigenvalue weighted by atomic mass is 15.1. The molecule has 0 spiro atoms. The first kappa shape index (κ1) is 13.7. The zero-order valence-corrected chi connectivity index (χ0v) is 11.4. The van der Waals surface area contributed by atoms with Crippen LogP contribution in [-0.4, -0.2) is 23.6 Å². The van der Waals surface area contributed by atoms with Gasteiger partial charge in [0.1, 0.15) is 18.0 Å². The monoisotopic (exact) mass is 236 g/mol. The van der Waals surface area contributed by atoms with Crippen LogP contribution >= 0.6 is 0 Å². The number of rotatable bonds is 7. The number of hydrogen-bond donors (Lipinski definition) is 2. The van der Waals surface area contributed by atoms with Crippen LogP contribution < -0.4 is 10.6 Å². The average molecular weight is 236 g/mol. The van der Waals surface area contributed by atoms with E-state index < -0.39 is 0 Å². The summed E-state index contributed by atoms with van der Waals surface area (Å²) in [4.78, 5) is 8.61. The van der Waals surface area contributed by atoms with E-state index in [1.54, 1.807) is 6.33 Å². The van der Waals surface area contributed by atoms with Crippen molar-refractivity contribution < 1.29 is 0 Å². The van der Waals surface area contributed by atoms with Crippen molar-refractivity contribution in [2.24, 2.45) is 0 Å². The first-order valence-corrected chi connectivity index (χ1v) is 6.47. The van der Waals surface area contributed by atoms with E-state index in [4.69, 9.17) is 0 Å². The molecule has 17 heavy (non-hydrogen) atoms. The van der Waals surface area contributed by atoms with Crippen LogP contribution in [0, 0.1) is 0 Å². The molecule has 0 aromatic carbocycles. The van der Waals surface area contributed by atoms with Gasteiger partial charge >= 0.3 is 0 Å². The molecule has 2 N–H and O–H groups in total. The second-order valence-electron chi connectivity index (χ2n) is 4.52. The van der Waals surface area contributed by atoms with Crippen molar-refractivity contribution in [3.63, 3.8) is 0 Å². The lowest BCUT2D eigenvalue weighted by Gasteiger charge is -2.16. The third kappa shape index (κ3) is 3.88. The Bertz CT molecular complexity index is 336. The maximum Gasteiger partial charge on any atom is 0.134 e. The molecule has 1 aromatic heterocycles. The van der Waals surface area contributed by atoms with Crippen LogP contribution in [0.25, 0.3) is 0 Å². The maximum atomic E-state index is 4.34. The molecule has 0 aliphatic rings. The Morgan fingerprint density at radius 3 is 2.47 bits per heavy atom. The highest BCUT2D eigenvalue weighted by Crippen LogP contribution is 2.27. The van der Waals surface area contributed by atoms with E-state index >= 15 is 0 Å². The van der Waals surface area contributed by atoms with Crippen LogP contribution in [-0.2, 0) is 0 Å². The van der Waals surface area contributed by atoms with Gasteiger partial charge in [0.25, 0.3) is 0 Å². The largest absolute Gasteiger partial charge is 0.373 e. The van der Waals surface area contributed by atoms with E-state index in [-0.39, 0.29) is 0 Å². The van der Waals surface area contributed by atoms with Gasteiger partial charge in [0.05, 0.1) is 0 Å². The molecular weight excluding hydrogens is 212 g/mol. The van der Waals surface area contributed by atoms with Gasteiger partial charge < -0.3 is 10.6 Å². The molecule has 0 aliphatic heterocycles. The molecule has 0 fully saturated rings. The Kier molecular flexibility index (Phi) is 5.73. The summed E-state index contributed by atoms with van der Waals surface area (Å²) in [5.74, 6) is 2.30. The van der Waals surface area contributed by atoms with Gasteiger partial charge in [-0.2, -0.15) is 0 Å². The van der Waals surface area contributed by atoms with Crippen LogP contribution in [0.5, 0.6) is 0 Å². The van der Waals surface area contributed by atoms with Gasteiger partial charge in [-0.25, -0.2) is 9.97 Å². The summed E-state index contributed by atoms with van der Waals surface area (Å²) in [6, 6.07) is 0. The highest BCUT2D eigenvalue weighted by molar-refractivity contribution is 5.58. The van der Waals surface area contributed by atoms with Crippen molar-refractivity contribution in [3.05, 3.63) is 11.9 Å². The van der Waals surface area contributed by atoms with Gasteiger partial charge in [0.2, 0.25) is 0 Å². The highest BCUT2D eigenvalue weighted by Gasteiger charge is 2.13. The molecule has 1 rings (SSSR count). The van der Waals surface area contributed by atoms with Crippen LogP contribution in [0.2, 0.25) is 0 Å². The molecule has 0 saturated heterocycles. The van der Waals surface area contributed by atoms with Crippen molar-refractivity contribution in [1.29, 1.82) is 0 Å². The number of unbranched alkanes of at least 4 members (excludes halogenated alkanes) is 2. The summed E-state index contributed by atoms with van der Waals surface area (Å²) >= 11 is 0. The first-order valence-electron chi connectivity index (χ1n) is 6.47. The van der Waals surface area contributed by atoms with E-state index in [1.165, 1.54) is 24.8 Å². The maximum absolute atomic E-state index is 4.34. The van der Waals surface area contributed by atoms with Gasteiger partial charge in [-0.3, -0.25) is 0 Å². The number of anilines is 2. The van der Waals surface area contributed by atoms with Crippen LogP contribution in [0.4, 0.5) is 11.6 Å². The second kappa shape index (κ2) is 7.09. The van der Waals surface area contributed by atoms with Crippen LogP contribution in [0.1, 0.15) is 51.5 Å². The van der Waals surface area contributed by atoms with Crippen molar-refractivity contribution in [3.8, 4) is 0 Å². The molecule has 1 heterocycles. The van der Waals surface area contributed by atoms with Gasteiger partial charge in [-0.05, 0) is 12.3 Å². The third-order valence-electron chi connectivity index (χ3n) is 2.77. The zero-order valence-electron chi connectivity index (χ0n) is 11.4. The molecule has 0 atom stereocenters. The molecule has 1 aromatic rings. The number of hydrogen-bond acceptors (Lipinski definition) is 4. The first-order chi connectivity index (χ1) is 8.20. The zero-order chi connectivity index (χ0) is 12.7. The SMILES string of the molecule is CCCCCNc1ncnc(NC)c1C(C)C. The Morgan fingerprint density at radius 1 is 1.18 bits per heavy atom. The average Bonchev–Trinajstić information content (AvgIpc) is 2.33. The van der Waals surface area contributed by atoms with E-state index in [2.05, 4.69) is 41.4 Å². The van der Waals surface area contributed by atoms with Crippen LogP contribution in [0.3, 0.4) is 0 Å². The minimum Gasteiger partial charge on any atom is -0.373 e. The van der Waals surface area contributed by atoms with Gasteiger partial charge in [-0.1, -0.05) is 33.6 Å². The van der Waals surface area contributed by atoms with Gasteiger partial charge in [-0.15, -0.1) is 0 Å². The molecular formula is C13H24N4. The summed E-state index contributed by atoms with van der Waals surface area (Å²) in [5.41, 5.74) is 1.17. The normalized spacial score (nSPS) is 10.6. The molecule has 0 saturated carbocycles. The van der Waals surface area contributed by atoms with Crippen molar-refractivity contribution in [1.82, 2.24) is 9.97 Å². The minimum atomic E-state index is 0.410. The second-order valence-corrected chi connectivity index (χ2v) is 4.52. The number of nitrogens with zero attached hydrogens (tertiary/aromatic N) is 2. The summed E-state index contributed by atoms with van der Waals surface area (Å²) in [6.45, 7) is 7.52.